The third-order valence-corrected chi connectivity index (χ3v) is 5.66. The van der Waals surface area contributed by atoms with Gasteiger partial charge < -0.3 is 5.11 Å². The molecule has 1 atom stereocenters. The number of amides is 1. The van der Waals surface area contributed by atoms with Crippen LogP contribution in [0.4, 0.5) is 0 Å². The molecule has 0 aliphatic carbocycles. The zero-order valence-corrected chi connectivity index (χ0v) is 16.6. The summed E-state index contributed by atoms with van der Waals surface area (Å²) in [5.41, 5.74) is 2.62. The lowest BCUT2D eigenvalue weighted by atomic mass is 10.0. The second kappa shape index (κ2) is 8.06. The van der Waals surface area contributed by atoms with Gasteiger partial charge >= 0.3 is 5.97 Å². The number of carbonyl (C=O) groups is 2. The number of nitrogens with zero attached hydrogens (tertiary/aromatic N) is 1. The van der Waals surface area contributed by atoms with Crippen molar-refractivity contribution in [3.05, 3.63) is 76.2 Å². The lowest BCUT2D eigenvalue weighted by molar-refractivity contribution is -0.145. The van der Waals surface area contributed by atoms with Gasteiger partial charge in [-0.3, -0.25) is 9.69 Å². The Morgan fingerprint density at radius 3 is 2.26 bits per heavy atom. The second-order valence-electron chi connectivity index (χ2n) is 6.52. The van der Waals surface area contributed by atoms with Crippen molar-refractivity contribution >= 4 is 46.3 Å². The number of hydrogen-bond donors (Lipinski definition) is 1. The largest absolute Gasteiger partial charge is 0.479 e. The molecule has 6 heteroatoms. The summed E-state index contributed by atoms with van der Waals surface area (Å²) in [5, 5.41) is 9.70. The molecule has 1 unspecified atom stereocenters. The number of thiocarbonyl (C=S) groups is 1. The first kappa shape index (κ1) is 19.3. The molecule has 1 fully saturated rings. The van der Waals surface area contributed by atoms with Crippen molar-refractivity contribution in [3.63, 3.8) is 0 Å². The van der Waals surface area contributed by atoms with Gasteiger partial charge in [-0.2, -0.15) is 0 Å². The van der Waals surface area contributed by atoms with E-state index >= 15 is 0 Å². The van der Waals surface area contributed by atoms with E-state index in [1.807, 2.05) is 24.3 Å². The van der Waals surface area contributed by atoms with Gasteiger partial charge in [0.15, 0.2) is 6.04 Å². The van der Waals surface area contributed by atoms with E-state index in [4.69, 9.17) is 12.2 Å². The smallest absolute Gasteiger partial charge is 0.331 e. The fourth-order valence-corrected chi connectivity index (χ4v) is 4.18. The average molecular weight is 398 g/mol. The van der Waals surface area contributed by atoms with E-state index in [1.165, 1.54) is 10.5 Å². The van der Waals surface area contributed by atoms with Gasteiger partial charge in [-0.15, -0.1) is 0 Å². The Morgan fingerprint density at radius 1 is 1.07 bits per heavy atom. The monoisotopic (exact) mass is 397 g/mol. The van der Waals surface area contributed by atoms with E-state index in [-0.39, 0.29) is 10.2 Å². The van der Waals surface area contributed by atoms with Crippen molar-refractivity contribution in [1.82, 2.24) is 4.90 Å². The Bertz CT molecular complexity index is 905. The molecular weight excluding hydrogens is 378 g/mol. The van der Waals surface area contributed by atoms with Crippen molar-refractivity contribution in [1.29, 1.82) is 0 Å². The number of hydrogen-bond acceptors (Lipinski definition) is 4. The highest BCUT2D eigenvalue weighted by Crippen LogP contribution is 2.38. The number of carboxylic acids is 1. The van der Waals surface area contributed by atoms with Gasteiger partial charge in [0, 0.05) is 0 Å². The molecule has 0 bridgehead atoms. The molecule has 2 aromatic carbocycles. The number of carbonyl (C=O) groups excluding carboxylic acids is 1. The van der Waals surface area contributed by atoms with Gasteiger partial charge in [0.25, 0.3) is 5.91 Å². The van der Waals surface area contributed by atoms with Crippen molar-refractivity contribution in [2.24, 2.45) is 0 Å². The molecule has 0 spiro atoms. The van der Waals surface area contributed by atoms with Gasteiger partial charge in [0.1, 0.15) is 4.32 Å². The minimum atomic E-state index is -1.13. The Balaban J connectivity index is 1.91. The highest BCUT2D eigenvalue weighted by molar-refractivity contribution is 8.26. The van der Waals surface area contributed by atoms with E-state index in [1.54, 1.807) is 36.4 Å². The first-order chi connectivity index (χ1) is 12.9. The second-order valence-corrected chi connectivity index (χ2v) is 8.20. The number of rotatable bonds is 5. The van der Waals surface area contributed by atoms with Gasteiger partial charge in [0.05, 0.1) is 4.91 Å². The van der Waals surface area contributed by atoms with Crippen LogP contribution in [0, 0.1) is 0 Å². The van der Waals surface area contributed by atoms with Gasteiger partial charge in [-0.1, -0.05) is 92.4 Å². The van der Waals surface area contributed by atoms with Crippen molar-refractivity contribution in [2.45, 2.75) is 25.8 Å². The predicted octanol–water partition coefficient (Wildman–Crippen LogP) is 4.84. The fraction of sp³-hybridized carbons (Fsp3) is 0.190. The molecular formula is C21H19NO3S2. The Hall–Kier alpha value is -2.44. The Labute approximate surface area is 167 Å². The molecule has 2 aromatic rings. The summed E-state index contributed by atoms with van der Waals surface area (Å²) >= 11 is 6.46. The van der Waals surface area contributed by atoms with E-state index in [9.17, 15) is 14.7 Å². The summed E-state index contributed by atoms with van der Waals surface area (Å²) in [5.74, 6) is -1.06. The van der Waals surface area contributed by atoms with Crippen LogP contribution in [0.5, 0.6) is 0 Å². The molecule has 1 N–H and O–H groups in total. The highest BCUT2D eigenvalue weighted by Gasteiger charge is 2.41. The van der Waals surface area contributed by atoms with Crippen LogP contribution in [0.15, 0.2) is 59.5 Å². The minimum Gasteiger partial charge on any atom is -0.479 e. The molecule has 1 heterocycles. The summed E-state index contributed by atoms with van der Waals surface area (Å²) in [6.07, 6.45) is 1.76. The molecule has 0 saturated carbocycles. The Kier molecular flexibility index (Phi) is 5.77. The van der Waals surface area contributed by atoms with Crippen LogP contribution in [0.3, 0.4) is 0 Å². The predicted molar refractivity (Wildman–Crippen MR) is 112 cm³/mol. The van der Waals surface area contributed by atoms with Crippen LogP contribution in [-0.4, -0.2) is 26.2 Å². The average Bonchev–Trinajstić information content (AvgIpc) is 2.91. The van der Waals surface area contributed by atoms with Crippen molar-refractivity contribution in [3.8, 4) is 0 Å². The standard InChI is InChI=1S/C21H19NO3S2/c1-13(2)15-10-8-14(9-11-15)12-17-19(23)22(21(26)27-17)18(20(24)25)16-6-4-3-5-7-16/h3-13,18H,1-2H3,(H,24,25)/b17-12+. The van der Waals surface area contributed by atoms with Gasteiger partial charge in [0.2, 0.25) is 0 Å². The third-order valence-electron chi connectivity index (χ3n) is 4.33. The van der Waals surface area contributed by atoms with Gasteiger partial charge in [-0.05, 0) is 28.7 Å². The molecule has 1 aliphatic rings. The number of benzene rings is 2. The SMILES string of the molecule is CC(C)c1ccc(/C=C2/SC(=S)N(C(C(=O)O)c3ccccc3)C2=O)cc1. The van der Waals surface area contributed by atoms with Crippen LogP contribution in [-0.2, 0) is 9.59 Å². The summed E-state index contributed by atoms with van der Waals surface area (Å²) in [6.45, 7) is 4.24. The van der Waals surface area contributed by atoms with Crippen molar-refractivity contribution in [2.75, 3.05) is 0 Å². The maximum absolute atomic E-state index is 12.9. The minimum absolute atomic E-state index is 0.251. The van der Waals surface area contributed by atoms with Crippen LogP contribution >= 0.6 is 24.0 Å². The lowest BCUT2D eigenvalue weighted by Crippen LogP contribution is -2.37. The highest BCUT2D eigenvalue weighted by atomic mass is 32.2. The fourth-order valence-electron chi connectivity index (χ4n) is 2.87. The van der Waals surface area contributed by atoms with Crippen LogP contribution in [0.1, 0.15) is 42.5 Å². The Morgan fingerprint density at radius 2 is 1.70 bits per heavy atom. The van der Waals surface area contributed by atoms with E-state index in [0.29, 0.717) is 16.4 Å². The summed E-state index contributed by atoms with van der Waals surface area (Å²) in [6, 6.07) is 15.5. The summed E-state index contributed by atoms with van der Waals surface area (Å²) in [7, 11) is 0. The third kappa shape index (κ3) is 4.12. The normalized spacial score (nSPS) is 17.0. The maximum atomic E-state index is 12.9. The maximum Gasteiger partial charge on any atom is 0.331 e. The molecule has 138 valence electrons. The number of thioether (sulfide) groups is 1. The van der Waals surface area contributed by atoms with E-state index < -0.39 is 12.0 Å². The topological polar surface area (TPSA) is 57.6 Å². The molecule has 3 rings (SSSR count). The van der Waals surface area contributed by atoms with Crippen molar-refractivity contribution < 1.29 is 14.7 Å². The van der Waals surface area contributed by atoms with Crippen LogP contribution in [0.25, 0.3) is 6.08 Å². The summed E-state index contributed by atoms with van der Waals surface area (Å²) in [4.78, 5) is 26.4. The first-order valence-electron chi connectivity index (χ1n) is 8.53. The first-order valence-corrected chi connectivity index (χ1v) is 9.75. The van der Waals surface area contributed by atoms with Gasteiger partial charge in [-0.25, -0.2) is 4.79 Å². The zero-order valence-electron chi connectivity index (χ0n) is 15.0. The molecule has 1 saturated heterocycles. The lowest BCUT2D eigenvalue weighted by Gasteiger charge is -2.23. The summed E-state index contributed by atoms with van der Waals surface area (Å²) < 4.78 is 0.251. The zero-order chi connectivity index (χ0) is 19.6. The van der Waals surface area contributed by atoms with Crippen LogP contribution in [0.2, 0.25) is 0 Å². The molecule has 4 nitrogen and oxygen atoms in total. The van der Waals surface area contributed by atoms with Crippen LogP contribution < -0.4 is 0 Å². The molecule has 0 aromatic heterocycles. The molecule has 0 radical (unpaired) electrons. The van der Waals surface area contributed by atoms with E-state index in [0.717, 1.165) is 17.3 Å². The number of carboxylic acid groups (broad SMARTS) is 1. The number of aliphatic carboxylic acids is 1. The molecule has 1 aliphatic heterocycles. The molecule has 1 amide bonds. The quantitative estimate of drug-likeness (QED) is 0.578. The van der Waals surface area contributed by atoms with E-state index in [2.05, 4.69) is 13.8 Å². The molecule has 27 heavy (non-hydrogen) atoms.